The summed E-state index contributed by atoms with van der Waals surface area (Å²) >= 11 is 5.92. The fourth-order valence-corrected chi connectivity index (χ4v) is 2.27. The fraction of sp³-hybridized carbons (Fsp3) is 0.133. The first-order valence-electron chi connectivity index (χ1n) is 6.57. The van der Waals surface area contributed by atoms with Gasteiger partial charge in [0.1, 0.15) is 18.8 Å². The molecule has 0 radical (unpaired) electrons. The molecule has 1 saturated heterocycles. The minimum Gasteiger partial charge on any atom is -0.463 e. The van der Waals surface area contributed by atoms with Gasteiger partial charge in [-0.05, 0) is 30.3 Å². The molecule has 0 unspecified atom stereocenters. The van der Waals surface area contributed by atoms with E-state index >= 15 is 0 Å². The Morgan fingerprint density at radius 1 is 1.14 bits per heavy atom. The number of benzene rings is 1. The quantitative estimate of drug-likeness (QED) is 0.815. The fourth-order valence-electron chi connectivity index (χ4n) is 2.08. The molecule has 1 fully saturated rings. The van der Waals surface area contributed by atoms with Crippen molar-refractivity contribution < 1.29 is 14.0 Å². The van der Waals surface area contributed by atoms with Gasteiger partial charge >= 0.3 is 0 Å². The lowest BCUT2D eigenvalue weighted by Crippen LogP contribution is -2.52. The SMILES string of the molecule is O=C1CN(c2cccc(Cl)c2)C(=O)CN1N=Cc1ccco1. The van der Waals surface area contributed by atoms with Crippen molar-refractivity contribution in [3.05, 3.63) is 53.4 Å². The first-order valence-corrected chi connectivity index (χ1v) is 6.95. The van der Waals surface area contributed by atoms with E-state index in [0.717, 1.165) is 5.01 Å². The molecule has 1 aromatic heterocycles. The molecule has 3 rings (SSSR count). The second kappa shape index (κ2) is 6.03. The average Bonchev–Trinajstić information content (AvgIpc) is 3.01. The van der Waals surface area contributed by atoms with E-state index in [2.05, 4.69) is 5.10 Å². The zero-order chi connectivity index (χ0) is 15.5. The van der Waals surface area contributed by atoms with Crippen molar-refractivity contribution >= 4 is 35.3 Å². The Bertz CT molecular complexity index is 727. The summed E-state index contributed by atoms with van der Waals surface area (Å²) in [6.07, 6.45) is 2.91. The van der Waals surface area contributed by atoms with Crippen LogP contribution in [0.3, 0.4) is 0 Å². The van der Waals surface area contributed by atoms with Gasteiger partial charge in [0.15, 0.2) is 0 Å². The Balaban J connectivity index is 1.74. The minimum absolute atomic E-state index is 0.0747. The minimum atomic E-state index is -0.276. The molecule has 2 heterocycles. The first kappa shape index (κ1) is 14.3. The van der Waals surface area contributed by atoms with Gasteiger partial charge in [-0.15, -0.1) is 0 Å². The molecule has 0 bridgehead atoms. The van der Waals surface area contributed by atoms with Crippen molar-refractivity contribution in [2.75, 3.05) is 18.0 Å². The Morgan fingerprint density at radius 3 is 2.73 bits per heavy atom. The highest BCUT2D eigenvalue weighted by Gasteiger charge is 2.30. The molecule has 0 N–H and O–H groups in total. The lowest BCUT2D eigenvalue weighted by molar-refractivity contribution is -0.138. The number of rotatable bonds is 3. The Labute approximate surface area is 131 Å². The van der Waals surface area contributed by atoms with E-state index in [9.17, 15) is 9.59 Å². The van der Waals surface area contributed by atoms with E-state index in [0.29, 0.717) is 16.5 Å². The largest absolute Gasteiger partial charge is 0.463 e. The standard InChI is InChI=1S/C15H12ClN3O3/c16-11-3-1-4-12(7-11)18-9-15(21)19(10-14(18)20)17-8-13-5-2-6-22-13/h1-8H,9-10H2. The number of furan rings is 1. The van der Waals surface area contributed by atoms with Gasteiger partial charge in [0, 0.05) is 10.7 Å². The van der Waals surface area contributed by atoms with Crippen LogP contribution in [0, 0.1) is 0 Å². The van der Waals surface area contributed by atoms with Crippen molar-refractivity contribution in [3.63, 3.8) is 0 Å². The predicted molar refractivity (Wildman–Crippen MR) is 81.8 cm³/mol. The molecule has 6 nitrogen and oxygen atoms in total. The summed E-state index contributed by atoms with van der Waals surface area (Å²) in [7, 11) is 0. The van der Waals surface area contributed by atoms with Crippen molar-refractivity contribution in [3.8, 4) is 0 Å². The second-order valence-corrected chi connectivity index (χ2v) is 5.11. The summed E-state index contributed by atoms with van der Waals surface area (Å²) in [6, 6.07) is 10.2. The maximum Gasteiger partial charge on any atom is 0.263 e. The van der Waals surface area contributed by atoms with Crippen molar-refractivity contribution in [2.24, 2.45) is 5.10 Å². The van der Waals surface area contributed by atoms with Crippen LogP contribution in [0.25, 0.3) is 0 Å². The van der Waals surface area contributed by atoms with E-state index in [1.54, 1.807) is 36.4 Å². The van der Waals surface area contributed by atoms with E-state index in [4.69, 9.17) is 16.0 Å². The Morgan fingerprint density at radius 2 is 2.00 bits per heavy atom. The molecule has 0 aliphatic carbocycles. The van der Waals surface area contributed by atoms with Gasteiger partial charge in [0.25, 0.3) is 5.91 Å². The summed E-state index contributed by atoms with van der Waals surface area (Å²) in [5, 5.41) is 5.64. The monoisotopic (exact) mass is 317 g/mol. The number of hydrogen-bond donors (Lipinski definition) is 0. The van der Waals surface area contributed by atoms with Crippen LogP contribution in [-0.4, -0.2) is 36.1 Å². The molecule has 0 atom stereocenters. The number of hydrogen-bond acceptors (Lipinski definition) is 4. The van der Waals surface area contributed by atoms with Crippen LogP contribution in [0.5, 0.6) is 0 Å². The van der Waals surface area contributed by atoms with E-state index in [1.807, 2.05) is 0 Å². The van der Waals surface area contributed by atoms with Gasteiger partial charge < -0.3 is 9.32 Å². The number of piperazine rings is 1. The number of carbonyl (C=O) groups is 2. The zero-order valence-electron chi connectivity index (χ0n) is 11.5. The number of nitrogens with zero attached hydrogens (tertiary/aromatic N) is 3. The first-order chi connectivity index (χ1) is 10.6. The van der Waals surface area contributed by atoms with Gasteiger partial charge in [0.2, 0.25) is 5.91 Å². The van der Waals surface area contributed by atoms with Crippen molar-refractivity contribution in [1.82, 2.24) is 5.01 Å². The molecule has 1 aliphatic rings. The van der Waals surface area contributed by atoms with Crippen molar-refractivity contribution in [2.45, 2.75) is 0 Å². The van der Waals surface area contributed by atoms with Crippen molar-refractivity contribution in [1.29, 1.82) is 0 Å². The van der Waals surface area contributed by atoms with Crippen LogP contribution in [0.15, 0.2) is 52.2 Å². The molecule has 0 saturated carbocycles. The molecule has 2 amide bonds. The third-order valence-corrected chi connectivity index (χ3v) is 3.39. The van der Waals surface area contributed by atoms with Gasteiger partial charge in [-0.3, -0.25) is 9.59 Å². The number of amides is 2. The summed E-state index contributed by atoms with van der Waals surface area (Å²) in [5.41, 5.74) is 0.598. The van der Waals surface area contributed by atoms with E-state index < -0.39 is 0 Å². The topological polar surface area (TPSA) is 66.1 Å². The lowest BCUT2D eigenvalue weighted by atomic mass is 10.2. The highest BCUT2D eigenvalue weighted by atomic mass is 35.5. The molecule has 1 aliphatic heterocycles. The number of carbonyl (C=O) groups excluding carboxylic acids is 2. The maximum atomic E-state index is 12.2. The molecule has 2 aromatic rings. The van der Waals surface area contributed by atoms with Gasteiger partial charge in [-0.25, -0.2) is 5.01 Å². The summed E-state index contributed by atoms with van der Waals surface area (Å²) in [6.45, 7) is -0.197. The molecular weight excluding hydrogens is 306 g/mol. The summed E-state index contributed by atoms with van der Waals surface area (Å²) < 4.78 is 5.09. The highest BCUT2D eigenvalue weighted by molar-refractivity contribution is 6.31. The van der Waals surface area contributed by atoms with Gasteiger partial charge in [0.05, 0.1) is 12.5 Å². The summed E-state index contributed by atoms with van der Waals surface area (Å²) in [4.78, 5) is 25.7. The molecular formula is C15H12ClN3O3. The van der Waals surface area contributed by atoms with Crippen LogP contribution in [-0.2, 0) is 9.59 Å². The lowest BCUT2D eigenvalue weighted by Gasteiger charge is -2.31. The predicted octanol–water partition coefficient (Wildman–Crippen LogP) is 2.14. The molecule has 0 spiro atoms. The Kier molecular flexibility index (Phi) is 3.93. The highest BCUT2D eigenvalue weighted by Crippen LogP contribution is 2.21. The molecule has 1 aromatic carbocycles. The number of halogens is 1. The smallest absolute Gasteiger partial charge is 0.263 e. The van der Waals surface area contributed by atoms with Crippen LogP contribution in [0.4, 0.5) is 5.69 Å². The van der Waals surface area contributed by atoms with Crippen LogP contribution in [0.1, 0.15) is 5.76 Å². The average molecular weight is 318 g/mol. The molecule has 112 valence electrons. The van der Waals surface area contributed by atoms with Crippen LogP contribution < -0.4 is 4.90 Å². The maximum absolute atomic E-state index is 12.2. The molecule has 7 heteroatoms. The molecule has 22 heavy (non-hydrogen) atoms. The van der Waals surface area contributed by atoms with Crippen LogP contribution in [0.2, 0.25) is 5.02 Å². The Hall–Kier alpha value is -2.60. The van der Waals surface area contributed by atoms with Gasteiger partial charge in [-0.2, -0.15) is 5.10 Å². The zero-order valence-corrected chi connectivity index (χ0v) is 12.2. The number of anilines is 1. The summed E-state index contributed by atoms with van der Waals surface area (Å²) in [5.74, 6) is 0.0124. The number of hydrazone groups is 1. The van der Waals surface area contributed by atoms with E-state index in [-0.39, 0.29) is 24.9 Å². The third kappa shape index (κ3) is 3.01. The van der Waals surface area contributed by atoms with E-state index in [1.165, 1.54) is 17.4 Å². The third-order valence-electron chi connectivity index (χ3n) is 3.15. The normalized spacial score (nSPS) is 15.9. The second-order valence-electron chi connectivity index (χ2n) is 4.67. The van der Waals surface area contributed by atoms with Gasteiger partial charge in [-0.1, -0.05) is 17.7 Å². The van der Waals surface area contributed by atoms with Crippen LogP contribution >= 0.6 is 11.6 Å².